The summed E-state index contributed by atoms with van der Waals surface area (Å²) in [6.45, 7) is 0. The van der Waals surface area contributed by atoms with Crippen LogP contribution in [0.15, 0.2) is 59.6 Å². The van der Waals surface area contributed by atoms with Gasteiger partial charge in [-0.05, 0) is 23.8 Å². The number of carbonyl (C=O) groups excluding carboxylic acids is 2. The first-order valence-corrected chi connectivity index (χ1v) is 9.07. The van der Waals surface area contributed by atoms with Crippen LogP contribution in [-0.4, -0.2) is 22.7 Å². The van der Waals surface area contributed by atoms with E-state index in [1.54, 1.807) is 24.3 Å². The van der Waals surface area contributed by atoms with Crippen LogP contribution in [-0.2, 0) is 9.59 Å². The van der Waals surface area contributed by atoms with Crippen LogP contribution >= 0.6 is 23.4 Å². The number of amides is 2. The Hall–Kier alpha value is -2.31. The van der Waals surface area contributed by atoms with Gasteiger partial charge in [-0.25, -0.2) is 0 Å². The Morgan fingerprint density at radius 1 is 1.24 bits per heavy atom. The van der Waals surface area contributed by atoms with Gasteiger partial charge in [-0.2, -0.15) is 0 Å². The van der Waals surface area contributed by atoms with Crippen LogP contribution in [0.3, 0.4) is 0 Å². The van der Waals surface area contributed by atoms with Gasteiger partial charge in [-0.1, -0.05) is 59.8 Å². The van der Waals surface area contributed by atoms with E-state index in [-0.39, 0.29) is 23.6 Å². The highest BCUT2D eigenvalue weighted by molar-refractivity contribution is 8.14. The average molecular weight is 374 g/mol. The van der Waals surface area contributed by atoms with Crippen LogP contribution in [0.2, 0.25) is 5.02 Å². The molecule has 25 heavy (non-hydrogen) atoms. The van der Waals surface area contributed by atoms with Crippen molar-refractivity contribution in [1.82, 2.24) is 5.32 Å². The third kappa shape index (κ3) is 5.08. The van der Waals surface area contributed by atoms with Crippen LogP contribution < -0.4 is 10.6 Å². The number of nitrogens with zero attached hydrogens (tertiary/aromatic N) is 1. The molecule has 3 rings (SSSR count). The van der Waals surface area contributed by atoms with Crippen molar-refractivity contribution in [2.75, 3.05) is 11.1 Å². The molecule has 0 radical (unpaired) electrons. The Morgan fingerprint density at radius 3 is 2.80 bits per heavy atom. The number of benzene rings is 2. The van der Waals surface area contributed by atoms with E-state index in [1.807, 2.05) is 30.3 Å². The first-order valence-electron chi connectivity index (χ1n) is 7.71. The van der Waals surface area contributed by atoms with Gasteiger partial charge in [0, 0.05) is 10.7 Å². The van der Waals surface area contributed by atoms with E-state index in [2.05, 4.69) is 15.6 Å². The molecular formula is C18H16ClN3O2S. The highest BCUT2D eigenvalue weighted by Crippen LogP contribution is 2.25. The lowest BCUT2D eigenvalue weighted by atomic mass is 10.0. The minimum Gasteiger partial charge on any atom is -0.325 e. The zero-order valence-corrected chi connectivity index (χ0v) is 14.8. The molecule has 0 saturated carbocycles. The molecule has 0 spiro atoms. The fourth-order valence-electron chi connectivity index (χ4n) is 2.40. The van der Waals surface area contributed by atoms with Gasteiger partial charge < -0.3 is 10.6 Å². The molecule has 2 N–H and O–H groups in total. The maximum Gasteiger partial charge on any atom is 0.234 e. The van der Waals surface area contributed by atoms with Crippen molar-refractivity contribution in [3.63, 3.8) is 0 Å². The second-order valence-corrected chi connectivity index (χ2v) is 6.86. The number of hydrogen-bond acceptors (Lipinski definition) is 4. The van der Waals surface area contributed by atoms with Crippen molar-refractivity contribution in [3.05, 3.63) is 65.2 Å². The molecule has 0 aliphatic carbocycles. The zero-order chi connectivity index (χ0) is 17.6. The molecule has 1 aliphatic heterocycles. The minimum absolute atomic E-state index is 0.0957. The number of nitrogens with one attached hydrogen (secondary N) is 2. The number of amidine groups is 1. The van der Waals surface area contributed by atoms with Gasteiger partial charge in [-0.3, -0.25) is 14.6 Å². The van der Waals surface area contributed by atoms with Crippen molar-refractivity contribution >= 4 is 46.0 Å². The Morgan fingerprint density at radius 2 is 2.04 bits per heavy atom. The number of carbonyl (C=O) groups is 2. The van der Waals surface area contributed by atoms with Crippen molar-refractivity contribution in [1.29, 1.82) is 0 Å². The summed E-state index contributed by atoms with van der Waals surface area (Å²) in [5.74, 6) is -0.139. The summed E-state index contributed by atoms with van der Waals surface area (Å²) < 4.78 is 0. The van der Waals surface area contributed by atoms with Gasteiger partial charge in [0.1, 0.15) is 0 Å². The van der Waals surface area contributed by atoms with Crippen molar-refractivity contribution in [2.24, 2.45) is 4.99 Å². The van der Waals surface area contributed by atoms with E-state index < -0.39 is 0 Å². The largest absolute Gasteiger partial charge is 0.325 e. The van der Waals surface area contributed by atoms with Gasteiger partial charge in [0.25, 0.3) is 0 Å². The van der Waals surface area contributed by atoms with Gasteiger partial charge in [0.2, 0.25) is 11.8 Å². The smallest absolute Gasteiger partial charge is 0.234 e. The SMILES string of the molecule is O=C1C[C@@H](c2ccccc2)N=C(SCC(=O)Nc2cccc(Cl)c2)N1. The number of aliphatic imine (C=N–C) groups is 1. The van der Waals surface area contributed by atoms with Gasteiger partial charge in [0.05, 0.1) is 18.2 Å². The Labute approximate surface area is 154 Å². The number of anilines is 1. The second kappa shape index (κ2) is 8.18. The topological polar surface area (TPSA) is 70.6 Å². The number of halogens is 1. The fraction of sp³-hybridized carbons (Fsp3) is 0.167. The number of rotatable bonds is 4. The lowest BCUT2D eigenvalue weighted by molar-refractivity contribution is -0.120. The average Bonchev–Trinajstić information content (AvgIpc) is 2.60. The lowest BCUT2D eigenvalue weighted by Crippen LogP contribution is -2.35. The van der Waals surface area contributed by atoms with E-state index in [0.29, 0.717) is 22.3 Å². The van der Waals surface area contributed by atoms with Crippen LogP contribution in [0.4, 0.5) is 5.69 Å². The summed E-state index contributed by atoms with van der Waals surface area (Å²) in [6, 6.07) is 16.4. The Kier molecular flexibility index (Phi) is 5.73. The van der Waals surface area contributed by atoms with Gasteiger partial charge in [0.15, 0.2) is 5.17 Å². The molecule has 0 unspecified atom stereocenters. The van der Waals surface area contributed by atoms with E-state index in [9.17, 15) is 9.59 Å². The maximum absolute atomic E-state index is 12.1. The third-order valence-electron chi connectivity index (χ3n) is 3.53. The summed E-state index contributed by atoms with van der Waals surface area (Å²) >= 11 is 7.10. The third-order valence-corrected chi connectivity index (χ3v) is 4.65. The van der Waals surface area contributed by atoms with Crippen LogP contribution in [0.25, 0.3) is 0 Å². The first kappa shape index (κ1) is 17.5. The molecule has 7 heteroatoms. The summed E-state index contributed by atoms with van der Waals surface area (Å²) in [6.07, 6.45) is 0.308. The molecule has 1 aliphatic rings. The minimum atomic E-state index is -0.214. The van der Waals surface area contributed by atoms with E-state index >= 15 is 0 Å². The molecule has 5 nitrogen and oxygen atoms in total. The van der Waals surface area contributed by atoms with E-state index in [1.165, 1.54) is 11.8 Å². The molecule has 0 saturated heterocycles. The molecule has 1 atom stereocenters. The van der Waals surface area contributed by atoms with Crippen LogP contribution in [0, 0.1) is 0 Å². The molecule has 2 aromatic rings. The van der Waals surface area contributed by atoms with Crippen molar-refractivity contribution < 1.29 is 9.59 Å². The normalized spacial score (nSPS) is 16.8. The molecule has 2 amide bonds. The predicted molar refractivity (Wildman–Crippen MR) is 102 cm³/mol. The molecule has 0 bridgehead atoms. The molecule has 1 heterocycles. The van der Waals surface area contributed by atoms with Gasteiger partial charge >= 0.3 is 0 Å². The fourth-order valence-corrected chi connectivity index (χ4v) is 3.32. The first-order chi connectivity index (χ1) is 12.1. The standard InChI is InChI=1S/C18H16ClN3O2S/c19-13-7-4-8-14(9-13)20-17(24)11-25-18-21-15(10-16(23)22-18)12-5-2-1-3-6-12/h1-9,15H,10-11H2,(H,20,24)(H,21,22,23)/t15-/m0/s1. The lowest BCUT2D eigenvalue weighted by Gasteiger charge is -2.20. The summed E-state index contributed by atoms with van der Waals surface area (Å²) in [5, 5.41) is 6.50. The molecule has 0 fully saturated rings. The molecule has 0 aromatic heterocycles. The van der Waals surface area contributed by atoms with Crippen LogP contribution in [0.1, 0.15) is 18.0 Å². The molecular weight excluding hydrogens is 358 g/mol. The highest BCUT2D eigenvalue weighted by Gasteiger charge is 2.23. The number of hydrogen-bond donors (Lipinski definition) is 2. The van der Waals surface area contributed by atoms with E-state index in [0.717, 1.165) is 5.56 Å². The second-order valence-electron chi connectivity index (χ2n) is 5.46. The summed E-state index contributed by atoms with van der Waals surface area (Å²) in [4.78, 5) is 28.5. The Bertz CT molecular complexity index is 811. The summed E-state index contributed by atoms with van der Waals surface area (Å²) in [5.41, 5.74) is 1.62. The molecule has 128 valence electrons. The van der Waals surface area contributed by atoms with Crippen LogP contribution in [0.5, 0.6) is 0 Å². The van der Waals surface area contributed by atoms with E-state index in [4.69, 9.17) is 11.6 Å². The highest BCUT2D eigenvalue weighted by atomic mass is 35.5. The molecule has 2 aromatic carbocycles. The van der Waals surface area contributed by atoms with Gasteiger partial charge in [-0.15, -0.1) is 0 Å². The maximum atomic E-state index is 12.1. The predicted octanol–water partition coefficient (Wildman–Crippen LogP) is 3.63. The Balaban J connectivity index is 1.60. The summed E-state index contributed by atoms with van der Waals surface area (Å²) in [7, 11) is 0. The zero-order valence-electron chi connectivity index (χ0n) is 13.2. The van der Waals surface area contributed by atoms with Crippen molar-refractivity contribution in [2.45, 2.75) is 12.5 Å². The van der Waals surface area contributed by atoms with Crippen molar-refractivity contribution in [3.8, 4) is 0 Å². The monoisotopic (exact) mass is 373 g/mol. The quantitative estimate of drug-likeness (QED) is 0.859. The number of thioether (sulfide) groups is 1.